The zero-order valence-corrected chi connectivity index (χ0v) is 13.7. The third kappa shape index (κ3) is 2.08. The van der Waals surface area contributed by atoms with Crippen molar-refractivity contribution in [2.75, 3.05) is 26.9 Å². The molecule has 1 fully saturated rings. The molecule has 1 aromatic carbocycles. The van der Waals surface area contributed by atoms with Gasteiger partial charge in [-0.2, -0.15) is 0 Å². The Hall–Kier alpha value is -2.27. The lowest BCUT2D eigenvalue weighted by Crippen LogP contribution is -2.45. The SMILES string of the molecule is CN1CC2CC(C1)c1ccc(-c3ccc4c(c3)OCO4)c(=O)n1C2. The van der Waals surface area contributed by atoms with E-state index in [9.17, 15) is 4.79 Å². The number of nitrogens with zero attached hydrogens (tertiary/aromatic N) is 2. The topological polar surface area (TPSA) is 43.7 Å². The minimum Gasteiger partial charge on any atom is -0.454 e. The van der Waals surface area contributed by atoms with Crippen LogP contribution < -0.4 is 15.0 Å². The molecule has 5 nitrogen and oxygen atoms in total. The molecule has 124 valence electrons. The highest BCUT2D eigenvalue weighted by Gasteiger charge is 2.33. The number of hydrogen-bond donors (Lipinski definition) is 0. The fourth-order valence-corrected chi connectivity index (χ4v) is 4.47. The predicted molar refractivity (Wildman–Crippen MR) is 90.6 cm³/mol. The summed E-state index contributed by atoms with van der Waals surface area (Å²) in [7, 11) is 2.17. The Kier molecular flexibility index (Phi) is 3.00. The number of likely N-dealkylation sites (N-methyl/N-ethyl adjacent to an activating group) is 1. The van der Waals surface area contributed by atoms with Crippen LogP contribution in [0.25, 0.3) is 11.1 Å². The van der Waals surface area contributed by atoms with Crippen molar-refractivity contribution in [3.63, 3.8) is 0 Å². The summed E-state index contributed by atoms with van der Waals surface area (Å²) in [6.07, 6.45) is 1.20. The van der Waals surface area contributed by atoms with Crippen molar-refractivity contribution in [3.8, 4) is 22.6 Å². The average molecular weight is 324 g/mol. The summed E-state index contributed by atoms with van der Waals surface area (Å²) in [5.41, 5.74) is 2.94. The zero-order valence-electron chi connectivity index (χ0n) is 13.7. The number of likely N-dealkylation sites (tertiary alicyclic amines) is 1. The van der Waals surface area contributed by atoms with Gasteiger partial charge in [-0.25, -0.2) is 0 Å². The monoisotopic (exact) mass is 324 g/mol. The molecule has 0 amide bonds. The Balaban J connectivity index is 1.60. The molecule has 4 heterocycles. The quantitative estimate of drug-likeness (QED) is 0.807. The van der Waals surface area contributed by atoms with E-state index in [4.69, 9.17) is 9.47 Å². The van der Waals surface area contributed by atoms with E-state index >= 15 is 0 Å². The average Bonchev–Trinajstić information content (AvgIpc) is 3.03. The highest BCUT2D eigenvalue weighted by molar-refractivity contribution is 5.67. The van der Waals surface area contributed by atoms with Crippen LogP contribution in [0.3, 0.4) is 0 Å². The van der Waals surface area contributed by atoms with E-state index in [1.807, 2.05) is 28.8 Å². The lowest BCUT2D eigenvalue weighted by molar-refractivity contribution is 0.145. The van der Waals surface area contributed by atoms with Gasteiger partial charge in [0.25, 0.3) is 5.56 Å². The fourth-order valence-electron chi connectivity index (χ4n) is 4.47. The van der Waals surface area contributed by atoms with Crippen molar-refractivity contribution in [1.29, 1.82) is 0 Å². The van der Waals surface area contributed by atoms with Crippen LogP contribution in [0.2, 0.25) is 0 Å². The second-order valence-corrected chi connectivity index (χ2v) is 7.18. The second kappa shape index (κ2) is 5.11. The maximum Gasteiger partial charge on any atom is 0.258 e. The fraction of sp³-hybridized carbons (Fsp3) is 0.421. The van der Waals surface area contributed by atoms with Crippen LogP contribution in [-0.4, -0.2) is 36.4 Å². The van der Waals surface area contributed by atoms with Crippen LogP contribution in [0.4, 0.5) is 0 Å². The molecular formula is C19H20N2O3. The van der Waals surface area contributed by atoms with Crippen molar-refractivity contribution >= 4 is 0 Å². The van der Waals surface area contributed by atoms with E-state index in [1.54, 1.807) is 0 Å². The Bertz CT molecular complexity index is 873. The first kappa shape index (κ1) is 14.1. The molecule has 24 heavy (non-hydrogen) atoms. The molecule has 5 rings (SSSR count). The van der Waals surface area contributed by atoms with Crippen LogP contribution >= 0.6 is 0 Å². The summed E-state index contributed by atoms with van der Waals surface area (Å²) < 4.78 is 12.8. The van der Waals surface area contributed by atoms with Crippen LogP contribution in [-0.2, 0) is 6.54 Å². The van der Waals surface area contributed by atoms with Crippen molar-refractivity contribution < 1.29 is 9.47 Å². The highest BCUT2D eigenvalue weighted by atomic mass is 16.7. The first-order valence-corrected chi connectivity index (χ1v) is 8.51. The van der Waals surface area contributed by atoms with Crippen LogP contribution in [0.15, 0.2) is 35.1 Å². The van der Waals surface area contributed by atoms with Gasteiger partial charge in [-0.3, -0.25) is 4.79 Å². The molecular weight excluding hydrogens is 304 g/mol. The Labute approximate surface area is 140 Å². The molecule has 1 aromatic heterocycles. The van der Waals surface area contributed by atoms with Gasteiger partial charge in [-0.1, -0.05) is 6.07 Å². The molecule has 5 heteroatoms. The summed E-state index contributed by atoms with van der Waals surface area (Å²) >= 11 is 0. The smallest absolute Gasteiger partial charge is 0.258 e. The van der Waals surface area contributed by atoms with Gasteiger partial charge in [0.1, 0.15) is 0 Å². The van der Waals surface area contributed by atoms with Crippen molar-refractivity contribution in [2.45, 2.75) is 18.9 Å². The molecule has 0 spiro atoms. The van der Waals surface area contributed by atoms with Gasteiger partial charge in [0.05, 0.1) is 0 Å². The number of ether oxygens (including phenoxy) is 2. The summed E-state index contributed by atoms with van der Waals surface area (Å²) in [5, 5.41) is 0. The Morgan fingerprint density at radius 1 is 1.04 bits per heavy atom. The molecule has 2 aromatic rings. The number of fused-ring (bicyclic) bond motifs is 5. The summed E-state index contributed by atoms with van der Waals surface area (Å²) in [6, 6.07) is 9.84. The molecule has 0 N–H and O–H groups in total. The third-order valence-electron chi connectivity index (χ3n) is 5.47. The van der Waals surface area contributed by atoms with E-state index < -0.39 is 0 Å². The molecule has 0 radical (unpaired) electrons. The van der Waals surface area contributed by atoms with Gasteiger partial charge in [-0.15, -0.1) is 0 Å². The summed E-state index contributed by atoms with van der Waals surface area (Å²) in [6.45, 7) is 3.20. The van der Waals surface area contributed by atoms with E-state index in [-0.39, 0.29) is 12.4 Å². The lowest BCUT2D eigenvalue weighted by atomic mass is 9.83. The van der Waals surface area contributed by atoms with Gasteiger partial charge in [0.2, 0.25) is 6.79 Å². The maximum atomic E-state index is 13.1. The first-order valence-electron chi connectivity index (χ1n) is 8.51. The number of hydrogen-bond acceptors (Lipinski definition) is 4. The molecule has 2 bridgehead atoms. The van der Waals surface area contributed by atoms with Crippen molar-refractivity contribution in [2.24, 2.45) is 5.92 Å². The molecule has 3 aliphatic rings. The van der Waals surface area contributed by atoms with E-state index in [2.05, 4.69) is 18.0 Å². The van der Waals surface area contributed by atoms with Gasteiger partial charge in [0, 0.05) is 36.8 Å². The minimum absolute atomic E-state index is 0.116. The second-order valence-electron chi connectivity index (χ2n) is 7.18. The predicted octanol–water partition coefficient (Wildman–Crippen LogP) is 2.29. The van der Waals surface area contributed by atoms with Crippen LogP contribution in [0.1, 0.15) is 18.0 Å². The molecule has 1 saturated heterocycles. The molecule has 0 saturated carbocycles. The molecule has 3 aliphatic heterocycles. The third-order valence-corrected chi connectivity index (χ3v) is 5.47. The minimum atomic E-state index is 0.116. The van der Waals surface area contributed by atoms with Crippen molar-refractivity contribution in [1.82, 2.24) is 9.47 Å². The number of piperidine rings is 1. The Morgan fingerprint density at radius 3 is 2.83 bits per heavy atom. The van der Waals surface area contributed by atoms with Gasteiger partial charge in [-0.05, 0) is 49.2 Å². The van der Waals surface area contributed by atoms with Gasteiger partial charge >= 0.3 is 0 Å². The molecule has 2 atom stereocenters. The number of rotatable bonds is 1. The number of aromatic nitrogens is 1. The van der Waals surface area contributed by atoms with E-state index in [0.29, 0.717) is 17.6 Å². The summed E-state index contributed by atoms with van der Waals surface area (Å²) in [5.74, 6) is 2.51. The standard InChI is InChI=1S/C19H20N2O3/c1-20-8-12-6-14(10-20)16-4-3-15(19(22)21(16)9-12)13-2-5-17-18(7-13)24-11-23-17/h2-5,7,12,14H,6,8-11H2,1H3. The lowest BCUT2D eigenvalue weighted by Gasteiger charge is -2.41. The Morgan fingerprint density at radius 2 is 1.92 bits per heavy atom. The van der Waals surface area contributed by atoms with E-state index in [0.717, 1.165) is 36.5 Å². The first-order chi connectivity index (χ1) is 11.7. The zero-order chi connectivity index (χ0) is 16.3. The normalized spacial score (nSPS) is 24.7. The number of benzene rings is 1. The van der Waals surface area contributed by atoms with Gasteiger partial charge in [0.15, 0.2) is 11.5 Å². The highest BCUT2D eigenvalue weighted by Crippen LogP contribution is 2.37. The van der Waals surface area contributed by atoms with E-state index in [1.165, 1.54) is 12.1 Å². The van der Waals surface area contributed by atoms with Gasteiger partial charge < -0.3 is 18.9 Å². The maximum absolute atomic E-state index is 13.1. The largest absolute Gasteiger partial charge is 0.454 e. The van der Waals surface area contributed by atoms with Crippen LogP contribution in [0, 0.1) is 5.92 Å². The van der Waals surface area contributed by atoms with Crippen LogP contribution in [0.5, 0.6) is 11.5 Å². The molecule has 2 unspecified atom stereocenters. The number of pyridine rings is 1. The summed E-state index contributed by atoms with van der Waals surface area (Å²) in [4.78, 5) is 15.5. The molecule has 0 aliphatic carbocycles. The van der Waals surface area contributed by atoms with Crippen molar-refractivity contribution in [3.05, 3.63) is 46.4 Å².